The summed E-state index contributed by atoms with van der Waals surface area (Å²) in [5.41, 5.74) is 10.6. The van der Waals surface area contributed by atoms with Crippen LogP contribution in [0.4, 0.5) is 0 Å². The first-order chi connectivity index (χ1) is 8.79. The summed E-state index contributed by atoms with van der Waals surface area (Å²) in [6, 6.07) is 19.1. The Morgan fingerprint density at radius 3 is 2.61 bits per heavy atom. The van der Waals surface area contributed by atoms with E-state index in [0.29, 0.717) is 6.54 Å². The Hall–Kier alpha value is -2.06. The average molecular weight is 236 g/mol. The van der Waals surface area contributed by atoms with E-state index < -0.39 is 0 Å². The van der Waals surface area contributed by atoms with Crippen LogP contribution in [0.1, 0.15) is 5.56 Å². The Kier molecular flexibility index (Phi) is 2.65. The molecule has 0 aliphatic rings. The van der Waals surface area contributed by atoms with Crippen molar-refractivity contribution in [3.8, 4) is 11.3 Å². The van der Waals surface area contributed by atoms with E-state index in [2.05, 4.69) is 66.2 Å². The highest BCUT2D eigenvalue weighted by Crippen LogP contribution is 2.27. The molecule has 90 valence electrons. The fourth-order valence-corrected chi connectivity index (χ4v) is 2.42. The molecule has 0 radical (unpaired) electrons. The lowest BCUT2D eigenvalue weighted by Crippen LogP contribution is -1.97. The summed E-state index contributed by atoms with van der Waals surface area (Å²) < 4.78 is 2.23. The molecule has 0 saturated carbocycles. The summed E-state index contributed by atoms with van der Waals surface area (Å²) in [4.78, 5) is 0. The van der Waals surface area contributed by atoms with Crippen molar-refractivity contribution in [1.82, 2.24) is 4.57 Å². The van der Waals surface area contributed by atoms with Gasteiger partial charge in [-0.05, 0) is 29.3 Å². The molecule has 18 heavy (non-hydrogen) atoms. The van der Waals surface area contributed by atoms with Gasteiger partial charge in [0.05, 0.1) is 0 Å². The first kappa shape index (κ1) is 11.1. The maximum atomic E-state index is 5.70. The zero-order valence-electron chi connectivity index (χ0n) is 10.4. The lowest BCUT2D eigenvalue weighted by molar-refractivity contribution is 0.976. The normalized spacial score (nSPS) is 11.0. The largest absolute Gasteiger partial charge is 0.344 e. The Labute approximate surface area is 107 Å². The van der Waals surface area contributed by atoms with E-state index in [9.17, 15) is 0 Å². The third kappa shape index (κ3) is 1.71. The number of hydrogen-bond acceptors (Lipinski definition) is 1. The highest BCUT2D eigenvalue weighted by Gasteiger charge is 2.07. The lowest BCUT2D eigenvalue weighted by Gasteiger charge is -2.06. The number of aromatic nitrogens is 1. The predicted molar refractivity (Wildman–Crippen MR) is 76.2 cm³/mol. The first-order valence-electron chi connectivity index (χ1n) is 6.13. The van der Waals surface area contributed by atoms with Gasteiger partial charge in [0.1, 0.15) is 0 Å². The molecule has 0 amide bonds. The van der Waals surface area contributed by atoms with Crippen LogP contribution in [0.5, 0.6) is 0 Å². The second-order valence-corrected chi connectivity index (χ2v) is 4.55. The predicted octanol–water partition coefficient (Wildman–Crippen LogP) is 3.30. The van der Waals surface area contributed by atoms with Gasteiger partial charge in [0.25, 0.3) is 0 Å². The second-order valence-electron chi connectivity index (χ2n) is 4.55. The molecule has 0 bridgehead atoms. The zero-order chi connectivity index (χ0) is 12.5. The minimum Gasteiger partial charge on any atom is -0.344 e. The van der Waals surface area contributed by atoms with Gasteiger partial charge in [-0.25, -0.2) is 0 Å². The van der Waals surface area contributed by atoms with Crippen LogP contribution in [0, 0.1) is 0 Å². The molecule has 3 aromatic rings. The Bertz CT molecular complexity index is 695. The monoisotopic (exact) mass is 236 g/mol. The van der Waals surface area contributed by atoms with Crippen molar-refractivity contribution in [2.75, 3.05) is 0 Å². The molecule has 2 N–H and O–H groups in total. The van der Waals surface area contributed by atoms with E-state index in [-0.39, 0.29) is 0 Å². The third-order valence-electron chi connectivity index (χ3n) is 3.41. The van der Waals surface area contributed by atoms with Crippen molar-refractivity contribution in [3.05, 3.63) is 60.2 Å². The number of nitrogens with zero attached hydrogens (tertiary/aromatic N) is 1. The smallest absolute Gasteiger partial charge is 0.0488 e. The molecular formula is C16H16N2. The zero-order valence-corrected chi connectivity index (χ0v) is 10.4. The van der Waals surface area contributed by atoms with Crippen molar-refractivity contribution in [2.45, 2.75) is 6.54 Å². The quantitative estimate of drug-likeness (QED) is 0.727. The van der Waals surface area contributed by atoms with Crippen LogP contribution in [-0.2, 0) is 13.6 Å². The Balaban J connectivity index is 2.21. The van der Waals surface area contributed by atoms with Crippen molar-refractivity contribution in [3.63, 3.8) is 0 Å². The van der Waals surface area contributed by atoms with Crippen molar-refractivity contribution >= 4 is 10.9 Å². The summed E-state index contributed by atoms with van der Waals surface area (Å²) in [5, 5.41) is 1.27. The maximum Gasteiger partial charge on any atom is 0.0488 e. The van der Waals surface area contributed by atoms with Gasteiger partial charge in [-0.3, -0.25) is 0 Å². The Morgan fingerprint density at radius 1 is 1.00 bits per heavy atom. The fraction of sp³-hybridized carbons (Fsp3) is 0.125. The van der Waals surface area contributed by atoms with E-state index in [1.54, 1.807) is 0 Å². The third-order valence-corrected chi connectivity index (χ3v) is 3.41. The molecule has 2 heteroatoms. The SMILES string of the molecule is Cn1c(-c2cccc(CN)c2)cc2ccccc21. The number of hydrogen-bond donors (Lipinski definition) is 1. The molecule has 2 aromatic carbocycles. The molecule has 1 heterocycles. The highest BCUT2D eigenvalue weighted by molar-refractivity contribution is 5.86. The van der Waals surface area contributed by atoms with Crippen molar-refractivity contribution in [2.24, 2.45) is 12.8 Å². The van der Waals surface area contributed by atoms with E-state index in [0.717, 1.165) is 5.56 Å². The van der Waals surface area contributed by atoms with Gasteiger partial charge in [0.2, 0.25) is 0 Å². The van der Waals surface area contributed by atoms with Crippen molar-refractivity contribution < 1.29 is 0 Å². The number of fused-ring (bicyclic) bond motifs is 1. The van der Waals surface area contributed by atoms with Crippen LogP contribution in [0.2, 0.25) is 0 Å². The number of nitrogens with two attached hydrogens (primary N) is 1. The first-order valence-corrected chi connectivity index (χ1v) is 6.13. The fourth-order valence-electron chi connectivity index (χ4n) is 2.42. The van der Waals surface area contributed by atoms with Gasteiger partial charge in [0.15, 0.2) is 0 Å². The van der Waals surface area contributed by atoms with Gasteiger partial charge in [0, 0.05) is 30.2 Å². The van der Waals surface area contributed by atoms with Gasteiger partial charge in [-0.1, -0.05) is 36.4 Å². The van der Waals surface area contributed by atoms with Gasteiger partial charge in [-0.2, -0.15) is 0 Å². The molecule has 2 nitrogen and oxygen atoms in total. The molecule has 0 aliphatic carbocycles. The second kappa shape index (κ2) is 4.31. The van der Waals surface area contributed by atoms with E-state index in [1.807, 2.05) is 0 Å². The van der Waals surface area contributed by atoms with Crippen LogP contribution >= 0.6 is 0 Å². The minimum absolute atomic E-state index is 0.581. The van der Waals surface area contributed by atoms with E-state index in [4.69, 9.17) is 5.73 Å². The van der Waals surface area contributed by atoms with Gasteiger partial charge < -0.3 is 10.3 Å². The number of benzene rings is 2. The number of aryl methyl sites for hydroxylation is 1. The topological polar surface area (TPSA) is 30.9 Å². The van der Waals surface area contributed by atoms with Crippen LogP contribution in [0.3, 0.4) is 0 Å². The van der Waals surface area contributed by atoms with Crippen LogP contribution in [0.15, 0.2) is 54.6 Å². The van der Waals surface area contributed by atoms with Crippen LogP contribution in [-0.4, -0.2) is 4.57 Å². The molecule has 1 aromatic heterocycles. The molecule has 0 atom stereocenters. The summed E-state index contributed by atoms with van der Waals surface area (Å²) in [5.74, 6) is 0. The summed E-state index contributed by atoms with van der Waals surface area (Å²) in [6.45, 7) is 0.581. The lowest BCUT2D eigenvalue weighted by atomic mass is 10.1. The minimum atomic E-state index is 0.581. The molecule has 0 spiro atoms. The summed E-state index contributed by atoms with van der Waals surface area (Å²) >= 11 is 0. The summed E-state index contributed by atoms with van der Waals surface area (Å²) in [7, 11) is 2.10. The molecule has 0 unspecified atom stereocenters. The molecule has 0 saturated heterocycles. The summed E-state index contributed by atoms with van der Waals surface area (Å²) in [6.07, 6.45) is 0. The van der Waals surface area contributed by atoms with Crippen LogP contribution < -0.4 is 5.73 Å². The van der Waals surface area contributed by atoms with Gasteiger partial charge in [-0.15, -0.1) is 0 Å². The molecule has 0 aliphatic heterocycles. The van der Waals surface area contributed by atoms with Crippen molar-refractivity contribution in [1.29, 1.82) is 0 Å². The molecular weight excluding hydrogens is 220 g/mol. The highest BCUT2D eigenvalue weighted by atomic mass is 14.9. The van der Waals surface area contributed by atoms with Crippen LogP contribution in [0.25, 0.3) is 22.2 Å². The number of rotatable bonds is 2. The van der Waals surface area contributed by atoms with E-state index >= 15 is 0 Å². The van der Waals surface area contributed by atoms with E-state index in [1.165, 1.54) is 22.2 Å². The molecule has 3 rings (SSSR count). The average Bonchev–Trinajstić information content (AvgIpc) is 2.77. The number of para-hydroxylation sites is 1. The maximum absolute atomic E-state index is 5.70. The Morgan fingerprint density at radius 2 is 1.83 bits per heavy atom. The standard InChI is InChI=1S/C16H16N2/c1-18-15-8-3-2-6-14(15)10-16(18)13-7-4-5-12(9-13)11-17/h2-10H,11,17H2,1H3. The van der Waals surface area contributed by atoms with Gasteiger partial charge >= 0.3 is 0 Å². The molecule has 0 fully saturated rings.